The van der Waals surface area contributed by atoms with Gasteiger partial charge in [-0.3, -0.25) is 4.79 Å². The summed E-state index contributed by atoms with van der Waals surface area (Å²) in [6, 6.07) is 9.07. The molecule has 0 aliphatic rings. The average Bonchev–Trinajstić information content (AvgIpc) is 2.42. The van der Waals surface area contributed by atoms with Gasteiger partial charge in [0.15, 0.2) is 0 Å². The van der Waals surface area contributed by atoms with Crippen LogP contribution in [0.1, 0.15) is 18.0 Å². The number of ether oxygens (including phenoxy) is 1. The molecular formula is C14H22N2O4S. The van der Waals surface area contributed by atoms with E-state index >= 15 is 0 Å². The third-order valence-electron chi connectivity index (χ3n) is 2.80. The largest absolute Gasteiger partial charge is 0.379 e. The van der Waals surface area contributed by atoms with E-state index in [1.807, 2.05) is 30.3 Å². The molecule has 1 aromatic rings. The van der Waals surface area contributed by atoms with Crippen molar-refractivity contribution in [2.24, 2.45) is 5.73 Å². The summed E-state index contributed by atoms with van der Waals surface area (Å²) in [5, 5.41) is 2.69. The molecule has 0 fully saturated rings. The van der Waals surface area contributed by atoms with Crippen LogP contribution < -0.4 is 11.1 Å². The first-order valence-electron chi connectivity index (χ1n) is 6.71. The predicted octanol–water partition coefficient (Wildman–Crippen LogP) is 0.254. The van der Waals surface area contributed by atoms with Gasteiger partial charge in [-0.25, -0.2) is 8.42 Å². The van der Waals surface area contributed by atoms with Crippen molar-refractivity contribution in [3.63, 3.8) is 0 Å². The molecule has 0 spiro atoms. The third kappa shape index (κ3) is 8.44. The SMILES string of the molecule is CS(=O)(=O)CCOCCNC(=O)CC(N)c1ccccc1. The van der Waals surface area contributed by atoms with E-state index in [1.54, 1.807) is 0 Å². The molecule has 1 aromatic carbocycles. The number of amides is 1. The Morgan fingerprint density at radius 2 is 1.95 bits per heavy atom. The minimum absolute atomic E-state index is 0.0141. The molecule has 1 atom stereocenters. The molecule has 0 saturated heterocycles. The summed E-state index contributed by atoms with van der Waals surface area (Å²) in [4.78, 5) is 11.7. The molecule has 0 aromatic heterocycles. The monoisotopic (exact) mass is 314 g/mol. The number of nitrogens with two attached hydrogens (primary N) is 1. The minimum Gasteiger partial charge on any atom is -0.379 e. The van der Waals surface area contributed by atoms with Crippen molar-refractivity contribution >= 4 is 15.7 Å². The Labute approximate surface area is 125 Å². The van der Waals surface area contributed by atoms with Crippen molar-refractivity contribution < 1.29 is 17.9 Å². The van der Waals surface area contributed by atoms with Crippen LogP contribution in [0.25, 0.3) is 0 Å². The molecule has 1 unspecified atom stereocenters. The Morgan fingerprint density at radius 1 is 1.29 bits per heavy atom. The molecule has 0 heterocycles. The first kappa shape index (κ1) is 17.6. The molecule has 7 heteroatoms. The highest BCUT2D eigenvalue weighted by molar-refractivity contribution is 7.90. The van der Waals surface area contributed by atoms with Crippen LogP contribution in [0, 0.1) is 0 Å². The zero-order valence-corrected chi connectivity index (χ0v) is 12.9. The van der Waals surface area contributed by atoms with Crippen LogP contribution in [0.5, 0.6) is 0 Å². The molecule has 0 saturated carbocycles. The van der Waals surface area contributed by atoms with E-state index in [9.17, 15) is 13.2 Å². The fourth-order valence-corrected chi connectivity index (χ4v) is 2.09. The van der Waals surface area contributed by atoms with Gasteiger partial charge in [0.2, 0.25) is 5.91 Å². The van der Waals surface area contributed by atoms with Crippen molar-refractivity contribution in [2.45, 2.75) is 12.5 Å². The Bertz CT molecular complexity index is 531. The lowest BCUT2D eigenvalue weighted by Gasteiger charge is -2.12. The standard InChI is InChI=1S/C14H22N2O4S/c1-21(18,19)10-9-20-8-7-16-14(17)11-13(15)12-5-3-2-4-6-12/h2-6,13H,7-11,15H2,1H3,(H,16,17). The van der Waals surface area contributed by atoms with Gasteiger partial charge in [-0.15, -0.1) is 0 Å². The zero-order valence-electron chi connectivity index (χ0n) is 12.1. The van der Waals surface area contributed by atoms with Crippen LogP contribution in [0.15, 0.2) is 30.3 Å². The average molecular weight is 314 g/mol. The van der Waals surface area contributed by atoms with Gasteiger partial charge in [0, 0.05) is 25.3 Å². The predicted molar refractivity (Wildman–Crippen MR) is 81.5 cm³/mol. The fourth-order valence-electron chi connectivity index (χ4n) is 1.66. The summed E-state index contributed by atoms with van der Waals surface area (Å²) in [7, 11) is -3.00. The van der Waals surface area contributed by atoms with E-state index in [4.69, 9.17) is 10.5 Å². The second-order valence-electron chi connectivity index (χ2n) is 4.81. The number of sulfone groups is 1. The Morgan fingerprint density at radius 3 is 2.57 bits per heavy atom. The summed E-state index contributed by atoms with van der Waals surface area (Å²) in [6.45, 7) is 0.754. The molecule has 6 nitrogen and oxygen atoms in total. The van der Waals surface area contributed by atoms with Crippen molar-refractivity contribution in [3.05, 3.63) is 35.9 Å². The van der Waals surface area contributed by atoms with Crippen molar-refractivity contribution in [1.29, 1.82) is 0 Å². The number of carbonyl (C=O) groups excluding carboxylic acids is 1. The van der Waals surface area contributed by atoms with Crippen LogP contribution in [0.3, 0.4) is 0 Å². The van der Waals surface area contributed by atoms with Crippen LogP contribution in [0.2, 0.25) is 0 Å². The first-order chi connectivity index (χ1) is 9.88. The van der Waals surface area contributed by atoms with E-state index in [0.29, 0.717) is 6.54 Å². The molecule has 0 bridgehead atoms. The highest BCUT2D eigenvalue weighted by Gasteiger charge is 2.10. The quantitative estimate of drug-likeness (QED) is 0.637. The van der Waals surface area contributed by atoms with Crippen LogP contribution in [-0.2, 0) is 19.4 Å². The lowest BCUT2D eigenvalue weighted by molar-refractivity contribution is -0.121. The summed E-state index contributed by atoms with van der Waals surface area (Å²) in [5.74, 6) is -0.169. The van der Waals surface area contributed by atoms with Gasteiger partial charge < -0.3 is 15.8 Å². The van der Waals surface area contributed by atoms with E-state index in [2.05, 4.69) is 5.32 Å². The summed E-state index contributed by atoms with van der Waals surface area (Å²) in [5.41, 5.74) is 6.85. The van der Waals surface area contributed by atoms with Gasteiger partial charge in [-0.2, -0.15) is 0 Å². The van der Waals surface area contributed by atoms with Crippen molar-refractivity contribution in [2.75, 3.05) is 31.8 Å². The molecule has 1 rings (SSSR count). The molecular weight excluding hydrogens is 292 g/mol. The molecule has 0 aliphatic carbocycles. The number of benzene rings is 1. The maximum absolute atomic E-state index is 11.7. The first-order valence-corrected chi connectivity index (χ1v) is 8.77. The number of hydrogen-bond donors (Lipinski definition) is 2. The van der Waals surface area contributed by atoms with Gasteiger partial charge in [0.05, 0.1) is 19.0 Å². The smallest absolute Gasteiger partial charge is 0.221 e. The maximum atomic E-state index is 11.7. The Balaban J connectivity index is 2.14. The normalized spacial score (nSPS) is 12.9. The Kier molecular flexibility index (Phi) is 7.35. The van der Waals surface area contributed by atoms with Gasteiger partial charge in [0.1, 0.15) is 9.84 Å². The molecule has 21 heavy (non-hydrogen) atoms. The summed E-state index contributed by atoms with van der Waals surface area (Å²) >= 11 is 0. The molecule has 0 aliphatic heterocycles. The van der Waals surface area contributed by atoms with Crippen LogP contribution in [0.4, 0.5) is 0 Å². The highest BCUT2D eigenvalue weighted by atomic mass is 32.2. The second kappa shape index (κ2) is 8.76. The van der Waals surface area contributed by atoms with Gasteiger partial charge in [0.25, 0.3) is 0 Å². The summed E-state index contributed by atoms with van der Waals surface area (Å²) in [6.07, 6.45) is 1.36. The third-order valence-corrected chi connectivity index (χ3v) is 3.71. The lowest BCUT2D eigenvalue weighted by atomic mass is 10.0. The number of nitrogens with one attached hydrogen (secondary N) is 1. The zero-order chi connectivity index (χ0) is 15.7. The number of carbonyl (C=O) groups is 1. The molecule has 118 valence electrons. The van der Waals surface area contributed by atoms with E-state index in [0.717, 1.165) is 11.8 Å². The van der Waals surface area contributed by atoms with Crippen molar-refractivity contribution in [3.8, 4) is 0 Å². The number of hydrogen-bond acceptors (Lipinski definition) is 5. The van der Waals surface area contributed by atoms with Crippen molar-refractivity contribution in [1.82, 2.24) is 5.32 Å². The Hall–Kier alpha value is -1.44. The minimum atomic E-state index is -3.00. The van der Waals surface area contributed by atoms with E-state index in [1.165, 1.54) is 0 Å². The van der Waals surface area contributed by atoms with Crippen LogP contribution >= 0.6 is 0 Å². The molecule has 0 radical (unpaired) electrons. The molecule has 1 amide bonds. The van der Waals surface area contributed by atoms with Gasteiger partial charge in [-0.1, -0.05) is 30.3 Å². The highest BCUT2D eigenvalue weighted by Crippen LogP contribution is 2.12. The summed E-state index contributed by atoms with van der Waals surface area (Å²) < 4.78 is 26.9. The maximum Gasteiger partial charge on any atom is 0.221 e. The topological polar surface area (TPSA) is 98.5 Å². The molecule has 3 N–H and O–H groups in total. The van der Waals surface area contributed by atoms with Gasteiger partial charge in [-0.05, 0) is 5.56 Å². The second-order valence-corrected chi connectivity index (χ2v) is 7.07. The fraction of sp³-hybridized carbons (Fsp3) is 0.500. The van der Waals surface area contributed by atoms with E-state index < -0.39 is 9.84 Å². The van der Waals surface area contributed by atoms with Gasteiger partial charge >= 0.3 is 0 Å². The number of rotatable bonds is 9. The van der Waals surface area contributed by atoms with E-state index in [-0.39, 0.29) is 37.3 Å². The lowest BCUT2D eigenvalue weighted by Crippen LogP contribution is -2.30. The van der Waals surface area contributed by atoms with Crippen LogP contribution in [-0.4, -0.2) is 46.1 Å².